The third kappa shape index (κ3) is 4.09. The molecular formula is C14H24N2S. The number of hydrogen-bond acceptors (Lipinski definition) is 3. The predicted molar refractivity (Wildman–Crippen MR) is 75.5 cm³/mol. The molecule has 0 radical (unpaired) electrons. The van der Waals surface area contributed by atoms with E-state index in [0.29, 0.717) is 6.04 Å². The van der Waals surface area contributed by atoms with Gasteiger partial charge in [0.25, 0.3) is 0 Å². The van der Waals surface area contributed by atoms with Crippen molar-refractivity contribution in [1.82, 2.24) is 10.2 Å². The summed E-state index contributed by atoms with van der Waals surface area (Å²) in [5, 5.41) is 7.90. The summed E-state index contributed by atoms with van der Waals surface area (Å²) in [5.74, 6) is 0.886. The topological polar surface area (TPSA) is 15.3 Å². The minimum absolute atomic E-state index is 0.643. The van der Waals surface area contributed by atoms with Crippen LogP contribution in [0.4, 0.5) is 0 Å². The van der Waals surface area contributed by atoms with Crippen LogP contribution in [0.15, 0.2) is 16.8 Å². The fourth-order valence-corrected chi connectivity index (χ4v) is 3.13. The second-order valence-electron chi connectivity index (χ2n) is 5.35. The van der Waals surface area contributed by atoms with Crippen molar-refractivity contribution in [1.29, 1.82) is 0 Å². The summed E-state index contributed by atoms with van der Waals surface area (Å²) in [6, 6.07) is 2.90. The molecule has 0 atom stereocenters. The lowest BCUT2D eigenvalue weighted by atomic mass is 9.97. The molecule has 3 heteroatoms. The number of nitrogens with one attached hydrogen (secondary N) is 1. The van der Waals surface area contributed by atoms with Gasteiger partial charge in [-0.25, -0.2) is 0 Å². The molecule has 0 amide bonds. The highest BCUT2D eigenvalue weighted by atomic mass is 32.1. The van der Waals surface area contributed by atoms with Crippen LogP contribution in [0.3, 0.4) is 0 Å². The highest BCUT2D eigenvalue weighted by Crippen LogP contribution is 2.18. The molecule has 2 heterocycles. The third-order valence-electron chi connectivity index (χ3n) is 3.65. The first-order chi connectivity index (χ1) is 8.25. The van der Waals surface area contributed by atoms with Crippen LogP contribution in [0.1, 0.15) is 32.3 Å². The molecule has 0 spiro atoms. The van der Waals surface area contributed by atoms with Crippen molar-refractivity contribution in [2.45, 2.75) is 39.3 Å². The molecule has 2 nitrogen and oxygen atoms in total. The molecule has 1 aliphatic rings. The summed E-state index contributed by atoms with van der Waals surface area (Å²) in [6.45, 7) is 9.41. The number of hydrogen-bond donors (Lipinski definition) is 1. The smallest absolute Gasteiger partial charge is 0.0244 e. The Bertz CT molecular complexity index is 302. The molecule has 1 saturated heterocycles. The van der Waals surface area contributed by atoms with Gasteiger partial charge in [-0.3, -0.25) is 4.90 Å². The van der Waals surface area contributed by atoms with E-state index in [0.717, 1.165) is 12.5 Å². The number of rotatable bonds is 5. The Morgan fingerprint density at radius 3 is 2.76 bits per heavy atom. The molecule has 1 aromatic rings. The molecule has 1 aromatic heterocycles. The maximum Gasteiger partial charge on any atom is 0.0244 e. The van der Waals surface area contributed by atoms with Gasteiger partial charge in [-0.15, -0.1) is 0 Å². The quantitative estimate of drug-likeness (QED) is 0.867. The lowest BCUT2D eigenvalue weighted by molar-refractivity contribution is 0.162. The fraction of sp³-hybridized carbons (Fsp3) is 0.714. The highest BCUT2D eigenvalue weighted by Gasteiger charge is 2.19. The Morgan fingerprint density at radius 2 is 2.18 bits per heavy atom. The SMILES string of the molecule is CC(C)N(Cc1ccsc1)CC1CCNCC1. The summed E-state index contributed by atoms with van der Waals surface area (Å²) >= 11 is 1.80. The molecule has 1 aliphatic heterocycles. The second-order valence-corrected chi connectivity index (χ2v) is 6.13. The number of piperidine rings is 1. The van der Waals surface area contributed by atoms with Crippen molar-refractivity contribution in [3.05, 3.63) is 22.4 Å². The summed E-state index contributed by atoms with van der Waals surface area (Å²) in [5.41, 5.74) is 1.47. The van der Waals surface area contributed by atoms with Crippen LogP contribution in [-0.4, -0.2) is 30.6 Å². The molecule has 2 rings (SSSR count). The first-order valence-corrected chi connectivity index (χ1v) is 7.66. The largest absolute Gasteiger partial charge is 0.317 e. The van der Waals surface area contributed by atoms with Crippen molar-refractivity contribution in [3.63, 3.8) is 0 Å². The van der Waals surface area contributed by atoms with E-state index in [1.807, 2.05) is 0 Å². The van der Waals surface area contributed by atoms with E-state index in [1.165, 1.54) is 38.0 Å². The van der Waals surface area contributed by atoms with Crippen LogP contribution in [0.2, 0.25) is 0 Å². The van der Waals surface area contributed by atoms with E-state index in [4.69, 9.17) is 0 Å². The maximum atomic E-state index is 3.45. The van der Waals surface area contributed by atoms with Crippen LogP contribution >= 0.6 is 11.3 Å². The Morgan fingerprint density at radius 1 is 1.41 bits per heavy atom. The molecule has 0 aromatic carbocycles. The molecule has 17 heavy (non-hydrogen) atoms. The third-order valence-corrected chi connectivity index (χ3v) is 4.38. The Hall–Kier alpha value is -0.380. The minimum atomic E-state index is 0.643. The molecule has 0 saturated carbocycles. The zero-order chi connectivity index (χ0) is 12.1. The minimum Gasteiger partial charge on any atom is -0.317 e. The van der Waals surface area contributed by atoms with Crippen molar-refractivity contribution >= 4 is 11.3 Å². The monoisotopic (exact) mass is 252 g/mol. The van der Waals surface area contributed by atoms with Crippen LogP contribution < -0.4 is 5.32 Å². The molecule has 0 aliphatic carbocycles. The number of thiophene rings is 1. The molecule has 96 valence electrons. The van der Waals surface area contributed by atoms with Crippen molar-refractivity contribution in [2.75, 3.05) is 19.6 Å². The van der Waals surface area contributed by atoms with Crippen LogP contribution in [0.5, 0.6) is 0 Å². The van der Waals surface area contributed by atoms with Gasteiger partial charge in [0.1, 0.15) is 0 Å². The molecule has 1 fully saturated rings. The highest BCUT2D eigenvalue weighted by molar-refractivity contribution is 7.07. The average Bonchev–Trinajstić information content (AvgIpc) is 2.82. The molecule has 1 N–H and O–H groups in total. The van der Waals surface area contributed by atoms with E-state index in [-0.39, 0.29) is 0 Å². The fourth-order valence-electron chi connectivity index (χ4n) is 2.47. The average molecular weight is 252 g/mol. The second kappa shape index (κ2) is 6.53. The van der Waals surface area contributed by atoms with Crippen LogP contribution in [0, 0.1) is 5.92 Å². The van der Waals surface area contributed by atoms with Gasteiger partial charge in [0.15, 0.2) is 0 Å². The van der Waals surface area contributed by atoms with E-state index < -0.39 is 0 Å². The van der Waals surface area contributed by atoms with Crippen molar-refractivity contribution < 1.29 is 0 Å². The lowest BCUT2D eigenvalue weighted by Crippen LogP contribution is -2.39. The molecule has 0 bridgehead atoms. The van der Waals surface area contributed by atoms with E-state index in [9.17, 15) is 0 Å². The van der Waals surface area contributed by atoms with Gasteiger partial charge in [0.2, 0.25) is 0 Å². The van der Waals surface area contributed by atoms with Crippen molar-refractivity contribution in [2.24, 2.45) is 5.92 Å². The Kier molecular flexibility index (Phi) is 5.01. The Labute approximate surface area is 109 Å². The van der Waals surface area contributed by atoms with E-state index in [1.54, 1.807) is 11.3 Å². The predicted octanol–water partition coefficient (Wildman–Crippen LogP) is 2.96. The van der Waals surface area contributed by atoms with E-state index >= 15 is 0 Å². The normalized spacial score (nSPS) is 18.1. The first-order valence-electron chi connectivity index (χ1n) is 6.71. The lowest BCUT2D eigenvalue weighted by Gasteiger charge is -2.32. The van der Waals surface area contributed by atoms with Gasteiger partial charge in [-0.1, -0.05) is 0 Å². The zero-order valence-electron chi connectivity index (χ0n) is 11.0. The molecule has 0 unspecified atom stereocenters. The Balaban J connectivity index is 1.87. The van der Waals surface area contributed by atoms with Gasteiger partial charge < -0.3 is 5.32 Å². The standard InChI is InChI=1S/C14H24N2S/c1-12(2)16(10-14-5-8-17-11-14)9-13-3-6-15-7-4-13/h5,8,11-13,15H,3-4,6-7,9-10H2,1-2H3. The van der Waals surface area contributed by atoms with Gasteiger partial charge in [0, 0.05) is 19.1 Å². The number of nitrogens with zero attached hydrogens (tertiary/aromatic N) is 1. The van der Waals surface area contributed by atoms with Crippen LogP contribution in [0.25, 0.3) is 0 Å². The first kappa shape index (κ1) is 13.1. The maximum absolute atomic E-state index is 3.45. The van der Waals surface area contributed by atoms with Gasteiger partial charge in [0.05, 0.1) is 0 Å². The summed E-state index contributed by atoms with van der Waals surface area (Å²) < 4.78 is 0. The zero-order valence-corrected chi connectivity index (χ0v) is 11.8. The summed E-state index contributed by atoms with van der Waals surface area (Å²) in [6.07, 6.45) is 2.68. The molecular weight excluding hydrogens is 228 g/mol. The summed E-state index contributed by atoms with van der Waals surface area (Å²) in [4.78, 5) is 2.62. The van der Waals surface area contributed by atoms with Gasteiger partial charge in [-0.2, -0.15) is 11.3 Å². The van der Waals surface area contributed by atoms with E-state index in [2.05, 4.69) is 40.9 Å². The van der Waals surface area contributed by atoms with Gasteiger partial charge in [-0.05, 0) is 68.1 Å². The van der Waals surface area contributed by atoms with Crippen LogP contribution in [-0.2, 0) is 6.54 Å². The van der Waals surface area contributed by atoms with Gasteiger partial charge >= 0.3 is 0 Å². The summed E-state index contributed by atoms with van der Waals surface area (Å²) in [7, 11) is 0. The van der Waals surface area contributed by atoms with Crippen molar-refractivity contribution in [3.8, 4) is 0 Å².